The van der Waals surface area contributed by atoms with Gasteiger partial charge in [-0.25, -0.2) is 0 Å². The number of carbonyl (C=O) groups excluding carboxylic acids is 2. The fourth-order valence-electron chi connectivity index (χ4n) is 2.68. The molecule has 0 aromatic carbocycles. The topological polar surface area (TPSA) is 82.0 Å². The zero-order chi connectivity index (χ0) is 15.0. The minimum absolute atomic E-state index is 0.0280. The van der Waals surface area contributed by atoms with Gasteiger partial charge < -0.3 is 10.6 Å². The zero-order valence-corrected chi connectivity index (χ0v) is 12.4. The minimum Gasteiger partial charge on any atom is -0.355 e. The van der Waals surface area contributed by atoms with E-state index in [1.807, 2.05) is 19.9 Å². The predicted molar refractivity (Wildman–Crippen MR) is 76.5 cm³/mol. The van der Waals surface area contributed by atoms with Crippen molar-refractivity contribution >= 4 is 11.8 Å². The Morgan fingerprint density at radius 1 is 1.15 bits per heavy atom. The SMILES string of the molecule is CC(C)C(=O)NCC(C(=O)NCC#N)C1CCCCC1. The molecule has 5 nitrogen and oxygen atoms in total. The van der Waals surface area contributed by atoms with Crippen LogP contribution in [0.3, 0.4) is 0 Å². The van der Waals surface area contributed by atoms with Crippen LogP contribution in [-0.2, 0) is 9.59 Å². The molecule has 0 aromatic rings. The third-order valence-electron chi connectivity index (χ3n) is 3.92. The van der Waals surface area contributed by atoms with E-state index in [0.717, 1.165) is 25.7 Å². The number of hydrogen-bond acceptors (Lipinski definition) is 3. The maximum atomic E-state index is 12.2. The highest BCUT2D eigenvalue weighted by atomic mass is 16.2. The summed E-state index contributed by atoms with van der Waals surface area (Å²) in [6.45, 7) is 4.07. The molecule has 0 aromatic heterocycles. The molecule has 0 heterocycles. The highest BCUT2D eigenvalue weighted by Crippen LogP contribution is 2.30. The van der Waals surface area contributed by atoms with Crippen molar-refractivity contribution in [2.45, 2.75) is 46.0 Å². The number of rotatable bonds is 6. The predicted octanol–water partition coefficient (Wildman–Crippen LogP) is 1.59. The number of amides is 2. The molecule has 2 amide bonds. The van der Waals surface area contributed by atoms with Gasteiger partial charge in [-0.3, -0.25) is 9.59 Å². The molecule has 2 N–H and O–H groups in total. The maximum absolute atomic E-state index is 12.2. The Morgan fingerprint density at radius 3 is 2.35 bits per heavy atom. The Balaban J connectivity index is 2.60. The molecule has 112 valence electrons. The average Bonchev–Trinajstić information content (AvgIpc) is 2.46. The Hall–Kier alpha value is -1.57. The quantitative estimate of drug-likeness (QED) is 0.724. The monoisotopic (exact) mass is 279 g/mol. The van der Waals surface area contributed by atoms with Gasteiger partial charge in [0.1, 0.15) is 6.54 Å². The second kappa shape index (κ2) is 8.57. The summed E-state index contributed by atoms with van der Waals surface area (Å²) in [5.41, 5.74) is 0. The van der Waals surface area contributed by atoms with Crippen LogP contribution < -0.4 is 10.6 Å². The van der Waals surface area contributed by atoms with Crippen LogP contribution in [-0.4, -0.2) is 24.9 Å². The van der Waals surface area contributed by atoms with Gasteiger partial charge in [0.15, 0.2) is 0 Å². The molecule has 1 atom stereocenters. The first kappa shape index (κ1) is 16.5. The van der Waals surface area contributed by atoms with Crippen molar-refractivity contribution in [3.8, 4) is 6.07 Å². The molecule has 1 rings (SSSR count). The van der Waals surface area contributed by atoms with Gasteiger partial charge >= 0.3 is 0 Å². The van der Waals surface area contributed by atoms with Crippen LogP contribution in [0, 0.1) is 29.1 Å². The van der Waals surface area contributed by atoms with E-state index >= 15 is 0 Å². The standard InChI is InChI=1S/C15H25N3O2/c1-11(2)14(19)18-10-13(15(20)17-9-8-16)12-6-4-3-5-7-12/h11-13H,3-7,9-10H2,1-2H3,(H,17,20)(H,18,19). The molecule has 1 aliphatic carbocycles. The van der Waals surface area contributed by atoms with Gasteiger partial charge in [-0.2, -0.15) is 5.26 Å². The first-order chi connectivity index (χ1) is 9.56. The lowest BCUT2D eigenvalue weighted by Crippen LogP contribution is -2.44. The molecule has 0 bridgehead atoms. The second-order valence-electron chi connectivity index (χ2n) is 5.78. The summed E-state index contributed by atoms with van der Waals surface area (Å²) < 4.78 is 0. The van der Waals surface area contributed by atoms with Crippen molar-refractivity contribution in [2.75, 3.05) is 13.1 Å². The van der Waals surface area contributed by atoms with Crippen LogP contribution in [0.15, 0.2) is 0 Å². The maximum Gasteiger partial charge on any atom is 0.225 e. The zero-order valence-electron chi connectivity index (χ0n) is 12.4. The average molecular weight is 279 g/mol. The van der Waals surface area contributed by atoms with E-state index in [4.69, 9.17) is 5.26 Å². The highest BCUT2D eigenvalue weighted by Gasteiger charge is 2.29. The molecule has 0 saturated heterocycles. The van der Waals surface area contributed by atoms with Crippen molar-refractivity contribution in [1.82, 2.24) is 10.6 Å². The molecule has 0 aliphatic heterocycles. The van der Waals surface area contributed by atoms with Crippen LogP contribution >= 0.6 is 0 Å². The molecule has 20 heavy (non-hydrogen) atoms. The fourth-order valence-corrected chi connectivity index (χ4v) is 2.68. The van der Waals surface area contributed by atoms with Gasteiger partial charge in [-0.15, -0.1) is 0 Å². The van der Waals surface area contributed by atoms with Crippen LogP contribution in [0.2, 0.25) is 0 Å². The van der Waals surface area contributed by atoms with E-state index in [2.05, 4.69) is 10.6 Å². The smallest absolute Gasteiger partial charge is 0.225 e. The number of hydrogen-bond donors (Lipinski definition) is 2. The Kier molecular flexibility index (Phi) is 7.06. The molecule has 1 fully saturated rings. The van der Waals surface area contributed by atoms with Crippen molar-refractivity contribution in [3.05, 3.63) is 0 Å². The third-order valence-corrected chi connectivity index (χ3v) is 3.92. The van der Waals surface area contributed by atoms with Gasteiger partial charge in [0, 0.05) is 12.5 Å². The Bertz CT molecular complexity index is 368. The first-order valence-corrected chi connectivity index (χ1v) is 7.48. The summed E-state index contributed by atoms with van der Waals surface area (Å²) in [7, 11) is 0. The molecule has 1 unspecified atom stereocenters. The number of nitriles is 1. The minimum atomic E-state index is -0.216. The lowest BCUT2D eigenvalue weighted by molar-refractivity contribution is -0.128. The Morgan fingerprint density at radius 2 is 1.80 bits per heavy atom. The molecular weight excluding hydrogens is 254 g/mol. The van der Waals surface area contributed by atoms with E-state index < -0.39 is 0 Å². The van der Waals surface area contributed by atoms with Crippen LogP contribution in [0.5, 0.6) is 0 Å². The van der Waals surface area contributed by atoms with E-state index in [0.29, 0.717) is 12.5 Å². The third kappa shape index (κ3) is 5.20. The summed E-state index contributed by atoms with van der Waals surface area (Å²) in [6.07, 6.45) is 5.57. The normalized spacial score (nSPS) is 17.3. The summed E-state index contributed by atoms with van der Waals surface area (Å²) in [5.74, 6) is -0.119. The van der Waals surface area contributed by atoms with Crippen molar-refractivity contribution in [2.24, 2.45) is 17.8 Å². The van der Waals surface area contributed by atoms with Crippen molar-refractivity contribution in [3.63, 3.8) is 0 Å². The van der Waals surface area contributed by atoms with Gasteiger partial charge in [0.25, 0.3) is 0 Å². The highest BCUT2D eigenvalue weighted by molar-refractivity contribution is 5.81. The lowest BCUT2D eigenvalue weighted by atomic mass is 9.79. The Labute approximate surface area is 121 Å². The van der Waals surface area contributed by atoms with Crippen LogP contribution in [0.25, 0.3) is 0 Å². The molecular formula is C15H25N3O2. The van der Waals surface area contributed by atoms with E-state index in [-0.39, 0.29) is 30.2 Å². The first-order valence-electron chi connectivity index (χ1n) is 7.48. The van der Waals surface area contributed by atoms with Crippen molar-refractivity contribution in [1.29, 1.82) is 5.26 Å². The van der Waals surface area contributed by atoms with Gasteiger partial charge in [-0.05, 0) is 18.8 Å². The molecule has 0 radical (unpaired) electrons. The van der Waals surface area contributed by atoms with Crippen LogP contribution in [0.1, 0.15) is 46.0 Å². The fraction of sp³-hybridized carbons (Fsp3) is 0.800. The van der Waals surface area contributed by atoms with Crippen LogP contribution in [0.4, 0.5) is 0 Å². The van der Waals surface area contributed by atoms with E-state index in [9.17, 15) is 9.59 Å². The van der Waals surface area contributed by atoms with E-state index in [1.54, 1.807) is 0 Å². The number of nitrogens with zero attached hydrogens (tertiary/aromatic N) is 1. The summed E-state index contributed by atoms with van der Waals surface area (Å²) in [4.78, 5) is 23.8. The van der Waals surface area contributed by atoms with Gasteiger partial charge in [-0.1, -0.05) is 33.1 Å². The van der Waals surface area contributed by atoms with Crippen molar-refractivity contribution < 1.29 is 9.59 Å². The molecule has 1 aliphatic rings. The largest absolute Gasteiger partial charge is 0.355 e. The second-order valence-corrected chi connectivity index (χ2v) is 5.78. The summed E-state index contributed by atoms with van der Waals surface area (Å²) in [5, 5.41) is 14.0. The van der Waals surface area contributed by atoms with Gasteiger partial charge in [0.2, 0.25) is 11.8 Å². The number of nitrogens with one attached hydrogen (secondary N) is 2. The van der Waals surface area contributed by atoms with Gasteiger partial charge in [0.05, 0.1) is 12.0 Å². The molecule has 0 spiro atoms. The summed E-state index contributed by atoms with van der Waals surface area (Å²) >= 11 is 0. The molecule has 1 saturated carbocycles. The summed E-state index contributed by atoms with van der Waals surface area (Å²) in [6, 6.07) is 1.92. The molecule has 5 heteroatoms. The van der Waals surface area contributed by atoms with E-state index in [1.165, 1.54) is 6.42 Å². The lowest BCUT2D eigenvalue weighted by Gasteiger charge is -2.29. The number of carbonyl (C=O) groups is 2.